The van der Waals surface area contributed by atoms with E-state index in [0.29, 0.717) is 35.4 Å². The normalized spacial score (nSPS) is 23.0. The average molecular weight is 405 g/mol. The second-order valence-corrected chi connectivity index (χ2v) is 7.80. The minimum Gasteiger partial charge on any atom is -0.369 e. The maximum Gasteiger partial charge on any atom is 0.267 e. The fraction of sp³-hybridized carbons (Fsp3) is 0.364. The molecule has 8 heteroatoms. The quantitative estimate of drug-likeness (QED) is 0.730. The molecule has 2 aliphatic heterocycles. The van der Waals surface area contributed by atoms with Crippen LogP contribution in [0, 0.1) is 11.8 Å². The van der Waals surface area contributed by atoms with Crippen molar-refractivity contribution in [3.05, 3.63) is 41.6 Å². The molecular formula is C22H23N5O3. The predicted molar refractivity (Wildman–Crippen MR) is 111 cm³/mol. The lowest BCUT2D eigenvalue weighted by molar-refractivity contribution is -0.137. The molecule has 0 aliphatic carbocycles. The first-order valence-electron chi connectivity index (χ1n) is 9.84. The zero-order chi connectivity index (χ0) is 21.5. The molecule has 3 N–H and O–H groups in total. The third-order valence-corrected chi connectivity index (χ3v) is 5.62. The topological polar surface area (TPSA) is 113 Å². The fourth-order valence-corrected chi connectivity index (χ4v) is 3.57. The highest BCUT2D eigenvalue weighted by Crippen LogP contribution is 2.27. The van der Waals surface area contributed by atoms with Gasteiger partial charge in [-0.3, -0.25) is 9.59 Å². The van der Waals surface area contributed by atoms with Crippen molar-refractivity contribution >= 4 is 17.6 Å². The van der Waals surface area contributed by atoms with Crippen molar-refractivity contribution in [3.63, 3.8) is 0 Å². The van der Waals surface area contributed by atoms with Crippen LogP contribution in [-0.2, 0) is 4.79 Å². The van der Waals surface area contributed by atoms with Gasteiger partial charge in [-0.2, -0.15) is 0 Å². The van der Waals surface area contributed by atoms with Crippen LogP contribution in [-0.4, -0.2) is 63.6 Å². The summed E-state index contributed by atoms with van der Waals surface area (Å²) in [6.45, 7) is 3.43. The van der Waals surface area contributed by atoms with Crippen LogP contribution >= 0.6 is 0 Å². The summed E-state index contributed by atoms with van der Waals surface area (Å²) in [5.74, 6) is 5.63. The molecule has 2 aromatic rings. The van der Waals surface area contributed by atoms with Crippen LogP contribution in [0.15, 0.2) is 30.3 Å². The van der Waals surface area contributed by atoms with Crippen LogP contribution in [0.1, 0.15) is 35.8 Å². The van der Waals surface area contributed by atoms with Crippen molar-refractivity contribution < 1.29 is 14.7 Å². The molecule has 0 saturated carbocycles. The molecule has 30 heavy (non-hydrogen) atoms. The molecule has 2 saturated heterocycles. The third-order valence-electron chi connectivity index (χ3n) is 5.62. The number of aliphatic hydroxyl groups is 1. The summed E-state index contributed by atoms with van der Waals surface area (Å²) in [7, 11) is 1.64. The highest BCUT2D eigenvalue weighted by atomic mass is 16.3. The number of benzene rings is 1. The third kappa shape index (κ3) is 3.60. The lowest BCUT2D eigenvalue weighted by atomic mass is 10.0. The molecule has 0 bridgehead atoms. The van der Waals surface area contributed by atoms with Crippen LogP contribution in [0.5, 0.6) is 0 Å². The molecule has 4 rings (SSSR count). The largest absolute Gasteiger partial charge is 0.369 e. The van der Waals surface area contributed by atoms with Gasteiger partial charge in [0, 0.05) is 49.8 Å². The Morgan fingerprint density at radius 1 is 1.30 bits per heavy atom. The number of likely N-dealkylation sites (N-methyl/N-ethyl adjacent to an activating group) is 1. The number of nitrogens with two attached hydrogens (primary N) is 1. The number of primary amides is 1. The van der Waals surface area contributed by atoms with Gasteiger partial charge in [-0.05, 0) is 25.5 Å². The summed E-state index contributed by atoms with van der Waals surface area (Å²) in [6, 6.07) is 9.11. The first-order valence-corrected chi connectivity index (χ1v) is 9.84. The molecule has 0 unspecified atom stereocenters. The summed E-state index contributed by atoms with van der Waals surface area (Å²) in [6.07, 6.45) is 1.34. The lowest BCUT2D eigenvalue weighted by Gasteiger charge is -2.39. The van der Waals surface area contributed by atoms with E-state index in [2.05, 4.69) is 33.6 Å². The van der Waals surface area contributed by atoms with E-state index in [0.717, 1.165) is 13.0 Å². The minimum atomic E-state index is -1.66. The van der Waals surface area contributed by atoms with E-state index in [1.165, 1.54) is 4.90 Å². The van der Waals surface area contributed by atoms with Crippen LogP contribution in [0.3, 0.4) is 0 Å². The highest BCUT2D eigenvalue weighted by molar-refractivity contribution is 5.92. The molecule has 2 aliphatic rings. The Kier molecular flexibility index (Phi) is 4.92. The predicted octanol–water partition coefficient (Wildman–Crippen LogP) is 0.786. The van der Waals surface area contributed by atoms with E-state index in [1.807, 2.05) is 6.07 Å². The number of anilines is 1. The number of carbonyl (C=O) groups excluding carboxylic acids is 2. The average Bonchev–Trinajstić information content (AvgIpc) is 2.99. The van der Waals surface area contributed by atoms with Crippen molar-refractivity contribution in [3.8, 4) is 23.2 Å². The van der Waals surface area contributed by atoms with Gasteiger partial charge in [-0.15, -0.1) is 0 Å². The van der Waals surface area contributed by atoms with Gasteiger partial charge in [-0.1, -0.05) is 24.0 Å². The molecular weight excluding hydrogens is 382 g/mol. The van der Waals surface area contributed by atoms with Crippen molar-refractivity contribution in [2.24, 2.45) is 5.73 Å². The van der Waals surface area contributed by atoms with E-state index in [-0.39, 0.29) is 12.1 Å². The molecule has 154 valence electrons. The number of rotatable bonds is 3. The van der Waals surface area contributed by atoms with Crippen molar-refractivity contribution in [2.75, 3.05) is 25.0 Å². The Bertz CT molecular complexity index is 1090. The first-order chi connectivity index (χ1) is 14.3. The molecule has 2 amide bonds. The number of amides is 2. The molecule has 0 spiro atoms. The summed E-state index contributed by atoms with van der Waals surface area (Å²) in [4.78, 5) is 36.4. The zero-order valence-electron chi connectivity index (χ0n) is 16.9. The Hall–Kier alpha value is -3.44. The highest BCUT2D eigenvalue weighted by Gasteiger charge is 2.42. The van der Waals surface area contributed by atoms with Gasteiger partial charge in [0.05, 0.1) is 0 Å². The van der Waals surface area contributed by atoms with Crippen molar-refractivity contribution in [1.82, 2.24) is 14.9 Å². The van der Waals surface area contributed by atoms with Crippen LogP contribution < -0.4 is 10.6 Å². The SMILES string of the molecule is C[C@@H]1CCN1c1cc(C(N)=O)nc(-c2cccc(C#C[C@]3(O)CCN(C)C3=O)c2)n1. The second kappa shape index (κ2) is 7.43. The Morgan fingerprint density at radius 3 is 2.70 bits per heavy atom. The molecule has 1 aromatic heterocycles. The summed E-state index contributed by atoms with van der Waals surface area (Å²) < 4.78 is 0. The standard InChI is InChI=1S/C22H23N5O3/c1-14-7-10-27(14)18-13-17(19(23)28)24-20(25-18)16-5-3-4-15(12-16)6-8-22(30)9-11-26(2)21(22)29/h3-5,12-14,30H,7,9-11H2,1-2H3,(H2,23,28)/t14-,22+/m1/s1. The van der Waals surface area contributed by atoms with E-state index in [4.69, 9.17) is 5.73 Å². The van der Waals surface area contributed by atoms with Gasteiger partial charge in [0.15, 0.2) is 5.82 Å². The fourth-order valence-electron chi connectivity index (χ4n) is 3.57. The summed E-state index contributed by atoms with van der Waals surface area (Å²) in [5.41, 5.74) is 5.24. The van der Waals surface area contributed by atoms with Gasteiger partial charge in [0.1, 0.15) is 11.5 Å². The van der Waals surface area contributed by atoms with E-state index >= 15 is 0 Å². The van der Waals surface area contributed by atoms with Gasteiger partial charge < -0.3 is 20.6 Å². The summed E-state index contributed by atoms with van der Waals surface area (Å²) >= 11 is 0. The van der Waals surface area contributed by atoms with Crippen LogP contribution in [0.2, 0.25) is 0 Å². The van der Waals surface area contributed by atoms with E-state index in [1.54, 1.807) is 31.3 Å². The van der Waals surface area contributed by atoms with Gasteiger partial charge in [0.25, 0.3) is 11.8 Å². The lowest BCUT2D eigenvalue weighted by Crippen LogP contribution is -2.46. The number of likely N-dealkylation sites (tertiary alicyclic amines) is 1. The van der Waals surface area contributed by atoms with Crippen molar-refractivity contribution in [1.29, 1.82) is 0 Å². The monoisotopic (exact) mass is 405 g/mol. The van der Waals surface area contributed by atoms with Gasteiger partial charge >= 0.3 is 0 Å². The number of hydrogen-bond acceptors (Lipinski definition) is 6. The molecule has 0 radical (unpaired) electrons. The van der Waals surface area contributed by atoms with Crippen LogP contribution in [0.4, 0.5) is 5.82 Å². The molecule has 2 fully saturated rings. The number of aromatic nitrogens is 2. The van der Waals surface area contributed by atoms with E-state index in [9.17, 15) is 14.7 Å². The summed E-state index contributed by atoms with van der Waals surface area (Å²) in [5, 5.41) is 10.5. The minimum absolute atomic E-state index is 0.152. The molecule has 1 aromatic carbocycles. The smallest absolute Gasteiger partial charge is 0.267 e. The number of nitrogens with zero attached hydrogens (tertiary/aromatic N) is 4. The zero-order valence-corrected chi connectivity index (χ0v) is 16.9. The maximum atomic E-state index is 12.1. The first kappa shape index (κ1) is 19.9. The van der Waals surface area contributed by atoms with Crippen LogP contribution in [0.25, 0.3) is 11.4 Å². The van der Waals surface area contributed by atoms with Gasteiger partial charge in [-0.25, -0.2) is 9.97 Å². The molecule has 2 atom stereocenters. The second-order valence-electron chi connectivity index (χ2n) is 7.80. The van der Waals surface area contributed by atoms with E-state index < -0.39 is 17.4 Å². The van der Waals surface area contributed by atoms with Gasteiger partial charge in [0.2, 0.25) is 5.60 Å². The number of carbonyl (C=O) groups is 2. The maximum absolute atomic E-state index is 12.1. The molecule has 8 nitrogen and oxygen atoms in total. The molecule has 3 heterocycles. The Labute approximate surface area is 174 Å². The Balaban J connectivity index is 1.68. The number of hydrogen-bond donors (Lipinski definition) is 2. The Morgan fingerprint density at radius 2 is 2.10 bits per heavy atom. The van der Waals surface area contributed by atoms with Crippen molar-refractivity contribution in [2.45, 2.75) is 31.4 Å².